The number of halogens is 2. The molecular weight excluding hydrogens is 307 g/mol. The molecule has 0 saturated heterocycles. The molecular formula is C16H12BrFO. The molecule has 0 unspecified atom stereocenters. The van der Waals surface area contributed by atoms with Crippen molar-refractivity contribution in [3.05, 3.63) is 69.4 Å². The van der Waals surface area contributed by atoms with Crippen LogP contribution >= 0.6 is 15.9 Å². The molecule has 0 radical (unpaired) electrons. The van der Waals surface area contributed by atoms with Gasteiger partial charge in [-0.1, -0.05) is 30.3 Å². The standard InChI is InChI=1S/C16H12BrFO/c17-13-6-3-7-14(18)15(13)16(19)12-8-10-4-1-2-5-11(10)9-12/h1-7,12H,8-9H2. The highest BCUT2D eigenvalue weighted by Crippen LogP contribution is 2.31. The molecule has 0 aromatic heterocycles. The Hall–Kier alpha value is -1.48. The number of ketones is 1. The van der Waals surface area contributed by atoms with Gasteiger partial charge in [0.25, 0.3) is 0 Å². The van der Waals surface area contributed by atoms with Crippen LogP contribution in [0.5, 0.6) is 0 Å². The van der Waals surface area contributed by atoms with Crippen molar-refractivity contribution < 1.29 is 9.18 Å². The van der Waals surface area contributed by atoms with E-state index in [1.165, 1.54) is 17.2 Å². The first kappa shape index (κ1) is 12.5. The Bertz CT molecular complexity index is 606. The molecule has 0 saturated carbocycles. The molecule has 96 valence electrons. The first-order valence-corrected chi connectivity index (χ1v) is 7.01. The van der Waals surface area contributed by atoms with Crippen molar-refractivity contribution >= 4 is 21.7 Å². The lowest BCUT2D eigenvalue weighted by Crippen LogP contribution is -2.17. The molecule has 3 heteroatoms. The fraction of sp³-hybridized carbons (Fsp3) is 0.188. The normalized spacial score (nSPS) is 14.4. The van der Waals surface area contributed by atoms with Gasteiger partial charge in [0.1, 0.15) is 5.82 Å². The van der Waals surface area contributed by atoms with Crippen LogP contribution in [0.3, 0.4) is 0 Å². The SMILES string of the molecule is O=C(c1c(F)cccc1Br)C1Cc2ccccc2C1. The van der Waals surface area contributed by atoms with E-state index in [0.29, 0.717) is 17.3 Å². The first-order valence-electron chi connectivity index (χ1n) is 6.22. The zero-order chi connectivity index (χ0) is 13.4. The summed E-state index contributed by atoms with van der Waals surface area (Å²) < 4.78 is 14.4. The quantitative estimate of drug-likeness (QED) is 0.759. The predicted molar refractivity (Wildman–Crippen MR) is 75.8 cm³/mol. The van der Waals surface area contributed by atoms with Crippen LogP contribution in [-0.2, 0) is 12.8 Å². The third-order valence-electron chi connectivity index (χ3n) is 3.63. The van der Waals surface area contributed by atoms with Gasteiger partial charge in [-0.3, -0.25) is 4.79 Å². The van der Waals surface area contributed by atoms with Gasteiger partial charge in [-0.05, 0) is 52.0 Å². The van der Waals surface area contributed by atoms with Gasteiger partial charge < -0.3 is 0 Å². The second-order valence-electron chi connectivity index (χ2n) is 4.83. The van der Waals surface area contributed by atoms with Gasteiger partial charge in [0.05, 0.1) is 5.56 Å². The summed E-state index contributed by atoms with van der Waals surface area (Å²) in [5, 5.41) is 0. The van der Waals surface area contributed by atoms with E-state index < -0.39 is 5.82 Å². The number of benzene rings is 2. The molecule has 0 fully saturated rings. The molecule has 0 aliphatic heterocycles. The number of fused-ring (bicyclic) bond motifs is 1. The predicted octanol–water partition coefficient (Wildman–Crippen LogP) is 4.19. The highest BCUT2D eigenvalue weighted by Gasteiger charge is 2.30. The number of carbonyl (C=O) groups excluding carboxylic acids is 1. The minimum absolute atomic E-state index is 0.110. The Kier molecular flexibility index (Phi) is 3.23. The third kappa shape index (κ3) is 2.23. The van der Waals surface area contributed by atoms with Crippen LogP contribution in [0.4, 0.5) is 4.39 Å². The number of Topliss-reactive ketones (excluding diaryl/α,β-unsaturated/α-hetero) is 1. The molecule has 0 atom stereocenters. The lowest BCUT2D eigenvalue weighted by molar-refractivity contribution is 0.0919. The summed E-state index contributed by atoms with van der Waals surface area (Å²) in [5.74, 6) is -0.706. The van der Waals surface area contributed by atoms with Crippen molar-refractivity contribution in [3.8, 4) is 0 Å². The number of hydrogen-bond donors (Lipinski definition) is 0. The third-order valence-corrected chi connectivity index (χ3v) is 4.29. The van der Waals surface area contributed by atoms with Gasteiger partial charge in [-0.25, -0.2) is 4.39 Å². The molecule has 19 heavy (non-hydrogen) atoms. The Morgan fingerprint density at radius 3 is 2.26 bits per heavy atom. The monoisotopic (exact) mass is 318 g/mol. The van der Waals surface area contributed by atoms with Crippen LogP contribution in [0.1, 0.15) is 21.5 Å². The first-order chi connectivity index (χ1) is 9.16. The largest absolute Gasteiger partial charge is 0.294 e. The maximum absolute atomic E-state index is 13.8. The smallest absolute Gasteiger partial charge is 0.170 e. The van der Waals surface area contributed by atoms with E-state index in [0.717, 1.165) is 0 Å². The molecule has 2 aromatic carbocycles. The van der Waals surface area contributed by atoms with Crippen LogP contribution in [-0.4, -0.2) is 5.78 Å². The lowest BCUT2D eigenvalue weighted by atomic mass is 9.95. The fourth-order valence-electron chi connectivity index (χ4n) is 2.68. The van der Waals surface area contributed by atoms with E-state index in [1.54, 1.807) is 12.1 Å². The Morgan fingerprint density at radius 2 is 1.68 bits per heavy atom. The molecule has 0 amide bonds. The number of hydrogen-bond acceptors (Lipinski definition) is 1. The Balaban J connectivity index is 1.92. The molecule has 1 nitrogen and oxygen atoms in total. The van der Waals surface area contributed by atoms with Gasteiger partial charge in [0, 0.05) is 10.4 Å². The summed E-state index contributed by atoms with van der Waals surface area (Å²) in [6.45, 7) is 0. The van der Waals surface area contributed by atoms with Gasteiger partial charge in [-0.2, -0.15) is 0 Å². The summed E-state index contributed by atoms with van der Waals surface area (Å²) in [4.78, 5) is 12.5. The molecule has 1 aliphatic rings. The van der Waals surface area contributed by atoms with Crippen LogP contribution in [0.2, 0.25) is 0 Å². The summed E-state index contributed by atoms with van der Waals surface area (Å²) >= 11 is 3.27. The van der Waals surface area contributed by atoms with Gasteiger partial charge in [-0.15, -0.1) is 0 Å². The van der Waals surface area contributed by atoms with E-state index >= 15 is 0 Å². The zero-order valence-electron chi connectivity index (χ0n) is 10.2. The van der Waals surface area contributed by atoms with E-state index in [2.05, 4.69) is 15.9 Å². The van der Waals surface area contributed by atoms with Crippen molar-refractivity contribution in [1.82, 2.24) is 0 Å². The van der Waals surface area contributed by atoms with E-state index in [1.807, 2.05) is 24.3 Å². The van der Waals surface area contributed by atoms with Crippen molar-refractivity contribution in [3.63, 3.8) is 0 Å². The van der Waals surface area contributed by atoms with E-state index in [4.69, 9.17) is 0 Å². The van der Waals surface area contributed by atoms with Crippen molar-refractivity contribution in [2.24, 2.45) is 5.92 Å². The fourth-order valence-corrected chi connectivity index (χ4v) is 3.22. The number of carbonyl (C=O) groups is 1. The van der Waals surface area contributed by atoms with Crippen LogP contribution < -0.4 is 0 Å². The Morgan fingerprint density at radius 1 is 1.05 bits per heavy atom. The summed E-state index contributed by atoms with van der Waals surface area (Å²) in [7, 11) is 0. The van der Waals surface area contributed by atoms with Crippen molar-refractivity contribution in [2.75, 3.05) is 0 Å². The van der Waals surface area contributed by atoms with Crippen LogP contribution in [0.25, 0.3) is 0 Å². The second kappa shape index (κ2) is 4.89. The molecule has 0 spiro atoms. The molecule has 0 heterocycles. The highest BCUT2D eigenvalue weighted by atomic mass is 79.9. The lowest BCUT2D eigenvalue weighted by Gasteiger charge is -2.10. The van der Waals surface area contributed by atoms with E-state index in [9.17, 15) is 9.18 Å². The zero-order valence-corrected chi connectivity index (χ0v) is 11.8. The van der Waals surface area contributed by atoms with E-state index in [-0.39, 0.29) is 17.3 Å². The maximum Gasteiger partial charge on any atom is 0.170 e. The topological polar surface area (TPSA) is 17.1 Å². The average Bonchev–Trinajstić information content (AvgIpc) is 2.82. The molecule has 1 aliphatic carbocycles. The summed E-state index contributed by atoms with van der Waals surface area (Å²) in [5.41, 5.74) is 2.59. The van der Waals surface area contributed by atoms with Gasteiger partial charge >= 0.3 is 0 Å². The molecule has 0 bridgehead atoms. The minimum atomic E-state index is -0.449. The van der Waals surface area contributed by atoms with Gasteiger partial charge in [0.2, 0.25) is 0 Å². The second-order valence-corrected chi connectivity index (χ2v) is 5.69. The maximum atomic E-state index is 13.8. The van der Waals surface area contributed by atoms with Crippen LogP contribution in [0.15, 0.2) is 46.9 Å². The molecule has 2 aromatic rings. The number of rotatable bonds is 2. The minimum Gasteiger partial charge on any atom is -0.294 e. The average molecular weight is 319 g/mol. The van der Waals surface area contributed by atoms with Gasteiger partial charge in [0.15, 0.2) is 5.78 Å². The summed E-state index contributed by atoms with van der Waals surface area (Å²) in [6, 6.07) is 12.7. The summed E-state index contributed by atoms with van der Waals surface area (Å²) in [6.07, 6.45) is 1.41. The van der Waals surface area contributed by atoms with Crippen molar-refractivity contribution in [2.45, 2.75) is 12.8 Å². The Labute approximate surface area is 119 Å². The van der Waals surface area contributed by atoms with Crippen LogP contribution in [0, 0.1) is 11.7 Å². The van der Waals surface area contributed by atoms with Crippen molar-refractivity contribution in [1.29, 1.82) is 0 Å². The molecule has 3 rings (SSSR count). The molecule has 0 N–H and O–H groups in total. The highest BCUT2D eigenvalue weighted by molar-refractivity contribution is 9.10.